The number of halogens is 3. The lowest BCUT2D eigenvalue weighted by Gasteiger charge is -2.23. The van der Waals surface area contributed by atoms with Crippen LogP contribution in [0.4, 0.5) is 0 Å². The molecule has 1 aromatic carbocycles. The number of piperidine rings is 1. The second-order valence-corrected chi connectivity index (χ2v) is 7.17. The molecule has 1 fully saturated rings. The lowest BCUT2D eigenvalue weighted by atomic mass is 10.1. The molecule has 9 heteroatoms. The number of carbonyl (C=O) groups is 1. The smallest absolute Gasteiger partial charge is 0.276 e. The highest BCUT2D eigenvalue weighted by Crippen LogP contribution is 2.24. The minimum atomic E-state index is -0.149. The van der Waals surface area contributed by atoms with E-state index in [0.717, 1.165) is 37.2 Å². The number of rotatable bonds is 4. The monoisotopic (exact) mass is 417 g/mol. The van der Waals surface area contributed by atoms with Crippen molar-refractivity contribution in [1.29, 1.82) is 0 Å². The Morgan fingerprint density at radius 2 is 2.00 bits per heavy atom. The normalized spacial score (nSPS) is 14.8. The Bertz CT molecular complexity index is 774. The number of hydrogen-bond acceptors (Lipinski definition) is 4. The number of benzene rings is 1. The molecule has 1 aromatic heterocycles. The lowest BCUT2D eigenvalue weighted by Crippen LogP contribution is -2.30. The van der Waals surface area contributed by atoms with Crippen molar-refractivity contribution in [2.75, 3.05) is 20.1 Å². The van der Waals surface area contributed by atoms with Gasteiger partial charge in [0.25, 0.3) is 5.91 Å². The molecular formula is C17H22Cl3N5O. The fraction of sp³-hybridized carbons (Fsp3) is 0.471. The molecule has 26 heavy (non-hydrogen) atoms. The first-order chi connectivity index (χ1) is 12.0. The number of aromatic nitrogens is 3. The Morgan fingerprint density at radius 3 is 2.65 bits per heavy atom. The zero-order valence-electron chi connectivity index (χ0n) is 14.7. The molecule has 142 valence electrons. The van der Waals surface area contributed by atoms with Gasteiger partial charge in [0, 0.05) is 13.6 Å². The Balaban J connectivity index is 0.00000243. The largest absolute Gasteiger partial charge is 0.336 e. The van der Waals surface area contributed by atoms with Crippen LogP contribution in [-0.2, 0) is 6.54 Å². The maximum Gasteiger partial charge on any atom is 0.276 e. The second kappa shape index (κ2) is 9.04. The van der Waals surface area contributed by atoms with Crippen molar-refractivity contribution >= 4 is 41.5 Å². The maximum atomic E-state index is 12.8. The molecule has 0 saturated carbocycles. The molecule has 6 nitrogen and oxygen atoms in total. The van der Waals surface area contributed by atoms with Gasteiger partial charge < -0.3 is 10.2 Å². The van der Waals surface area contributed by atoms with Crippen LogP contribution in [0, 0.1) is 6.92 Å². The van der Waals surface area contributed by atoms with E-state index in [1.165, 1.54) is 0 Å². The zero-order chi connectivity index (χ0) is 18.0. The highest BCUT2D eigenvalue weighted by Gasteiger charge is 2.24. The summed E-state index contributed by atoms with van der Waals surface area (Å²) in [6.07, 6.45) is 1.99. The number of nitrogens with zero attached hydrogens (tertiary/aromatic N) is 4. The van der Waals surface area contributed by atoms with Crippen LogP contribution in [0.15, 0.2) is 18.2 Å². The molecule has 1 N–H and O–H groups in total. The standard InChI is InChI=1S/C17H21Cl2N5O.ClH/c1-11-16(21-22-24(11)13-5-7-20-8-6-13)17(25)23(2)10-12-3-4-14(18)15(19)9-12;/h3-4,9,13,20H,5-8,10H2,1-2H3;1H. The third-order valence-electron chi connectivity index (χ3n) is 4.54. The average molecular weight is 419 g/mol. The highest BCUT2D eigenvalue weighted by atomic mass is 35.5. The molecule has 1 saturated heterocycles. The summed E-state index contributed by atoms with van der Waals surface area (Å²) in [6.45, 7) is 4.26. The van der Waals surface area contributed by atoms with E-state index in [0.29, 0.717) is 28.3 Å². The summed E-state index contributed by atoms with van der Waals surface area (Å²) in [5, 5.41) is 12.7. The predicted octanol–water partition coefficient (Wildman–Crippen LogP) is 3.51. The Labute approximate surface area is 169 Å². The van der Waals surface area contributed by atoms with Crippen LogP contribution in [0.3, 0.4) is 0 Å². The summed E-state index contributed by atoms with van der Waals surface area (Å²) >= 11 is 12.0. The van der Waals surface area contributed by atoms with Gasteiger partial charge in [0.05, 0.1) is 21.8 Å². The van der Waals surface area contributed by atoms with Crippen LogP contribution >= 0.6 is 35.6 Å². The van der Waals surface area contributed by atoms with E-state index in [-0.39, 0.29) is 18.3 Å². The molecule has 1 amide bonds. The van der Waals surface area contributed by atoms with E-state index in [1.807, 2.05) is 17.7 Å². The van der Waals surface area contributed by atoms with E-state index in [1.54, 1.807) is 24.1 Å². The second-order valence-electron chi connectivity index (χ2n) is 6.36. The van der Waals surface area contributed by atoms with Gasteiger partial charge in [-0.2, -0.15) is 0 Å². The molecule has 2 aromatic rings. The van der Waals surface area contributed by atoms with Gasteiger partial charge >= 0.3 is 0 Å². The number of hydrogen-bond donors (Lipinski definition) is 1. The molecule has 2 heterocycles. The molecule has 0 unspecified atom stereocenters. The first kappa shape index (κ1) is 21.0. The van der Waals surface area contributed by atoms with Gasteiger partial charge in [0.2, 0.25) is 0 Å². The minimum absolute atomic E-state index is 0. The van der Waals surface area contributed by atoms with Crippen LogP contribution in [0.2, 0.25) is 10.0 Å². The van der Waals surface area contributed by atoms with Crippen molar-refractivity contribution in [1.82, 2.24) is 25.2 Å². The molecule has 0 atom stereocenters. The summed E-state index contributed by atoms with van der Waals surface area (Å²) in [5.41, 5.74) is 2.13. The van der Waals surface area contributed by atoms with E-state index in [2.05, 4.69) is 15.6 Å². The summed E-state index contributed by atoms with van der Waals surface area (Å²) in [4.78, 5) is 14.4. The van der Waals surface area contributed by atoms with Gasteiger partial charge in [0.15, 0.2) is 5.69 Å². The lowest BCUT2D eigenvalue weighted by molar-refractivity contribution is 0.0778. The van der Waals surface area contributed by atoms with Crippen LogP contribution < -0.4 is 5.32 Å². The van der Waals surface area contributed by atoms with E-state index in [4.69, 9.17) is 23.2 Å². The Kier molecular flexibility index (Phi) is 7.29. The summed E-state index contributed by atoms with van der Waals surface area (Å²) in [7, 11) is 1.74. The average Bonchev–Trinajstić information content (AvgIpc) is 2.99. The predicted molar refractivity (Wildman–Crippen MR) is 105 cm³/mol. The van der Waals surface area contributed by atoms with Gasteiger partial charge in [-0.05, 0) is 50.6 Å². The fourth-order valence-corrected chi connectivity index (χ4v) is 3.42. The topological polar surface area (TPSA) is 63.1 Å². The summed E-state index contributed by atoms with van der Waals surface area (Å²) in [5.74, 6) is -0.149. The van der Waals surface area contributed by atoms with Crippen LogP contribution in [0.1, 0.15) is 40.6 Å². The highest BCUT2D eigenvalue weighted by molar-refractivity contribution is 6.42. The number of carbonyl (C=O) groups excluding carboxylic acids is 1. The maximum absolute atomic E-state index is 12.8. The van der Waals surface area contributed by atoms with Gasteiger partial charge in [-0.1, -0.05) is 34.5 Å². The van der Waals surface area contributed by atoms with E-state index >= 15 is 0 Å². The molecule has 0 radical (unpaired) electrons. The molecular weight excluding hydrogens is 397 g/mol. The van der Waals surface area contributed by atoms with Crippen LogP contribution in [-0.4, -0.2) is 45.9 Å². The number of amides is 1. The van der Waals surface area contributed by atoms with Gasteiger partial charge in [-0.3, -0.25) is 4.79 Å². The summed E-state index contributed by atoms with van der Waals surface area (Å²) in [6, 6.07) is 5.66. The quantitative estimate of drug-likeness (QED) is 0.825. The van der Waals surface area contributed by atoms with Crippen molar-refractivity contribution in [3.63, 3.8) is 0 Å². The van der Waals surface area contributed by atoms with E-state index < -0.39 is 0 Å². The first-order valence-corrected chi connectivity index (χ1v) is 9.05. The van der Waals surface area contributed by atoms with Gasteiger partial charge in [-0.15, -0.1) is 17.5 Å². The molecule has 1 aliphatic rings. The van der Waals surface area contributed by atoms with Crippen molar-refractivity contribution in [3.8, 4) is 0 Å². The van der Waals surface area contributed by atoms with Crippen LogP contribution in [0.25, 0.3) is 0 Å². The molecule has 1 aliphatic heterocycles. The molecule has 3 rings (SSSR count). The van der Waals surface area contributed by atoms with Crippen molar-refractivity contribution in [3.05, 3.63) is 45.2 Å². The molecule has 0 aliphatic carbocycles. The zero-order valence-corrected chi connectivity index (χ0v) is 17.0. The third kappa shape index (κ3) is 4.49. The minimum Gasteiger partial charge on any atom is -0.336 e. The molecule has 0 spiro atoms. The Morgan fingerprint density at radius 1 is 1.31 bits per heavy atom. The van der Waals surface area contributed by atoms with Crippen LogP contribution in [0.5, 0.6) is 0 Å². The van der Waals surface area contributed by atoms with Gasteiger partial charge in [-0.25, -0.2) is 4.68 Å². The molecule has 0 bridgehead atoms. The first-order valence-electron chi connectivity index (χ1n) is 8.29. The summed E-state index contributed by atoms with van der Waals surface area (Å²) < 4.78 is 1.89. The SMILES string of the molecule is Cc1c(C(=O)N(C)Cc2ccc(Cl)c(Cl)c2)nnn1C1CCNCC1.Cl. The van der Waals surface area contributed by atoms with Crippen molar-refractivity contribution in [2.24, 2.45) is 0 Å². The fourth-order valence-electron chi connectivity index (χ4n) is 3.10. The van der Waals surface area contributed by atoms with E-state index in [9.17, 15) is 4.79 Å². The van der Waals surface area contributed by atoms with Gasteiger partial charge in [0.1, 0.15) is 0 Å². The van der Waals surface area contributed by atoms with Crippen molar-refractivity contribution < 1.29 is 4.79 Å². The third-order valence-corrected chi connectivity index (χ3v) is 5.27. The number of nitrogens with one attached hydrogen (secondary N) is 1. The Hall–Kier alpha value is -1.34. The van der Waals surface area contributed by atoms with Crippen molar-refractivity contribution in [2.45, 2.75) is 32.4 Å².